The molecular formula is C16H17F2NO3. The van der Waals surface area contributed by atoms with Crippen LogP contribution in [-0.2, 0) is 4.79 Å². The molecule has 22 heavy (non-hydrogen) atoms. The summed E-state index contributed by atoms with van der Waals surface area (Å²) in [5.74, 6) is -3.00. The molecule has 2 saturated heterocycles. The number of hydrogen-bond acceptors (Lipinski definition) is 2. The van der Waals surface area contributed by atoms with E-state index in [-0.39, 0.29) is 11.6 Å². The van der Waals surface area contributed by atoms with E-state index in [1.807, 2.05) is 0 Å². The summed E-state index contributed by atoms with van der Waals surface area (Å²) in [5.41, 5.74) is -1.00. The fraction of sp³-hybridized carbons (Fsp3) is 0.500. The molecule has 2 bridgehead atoms. The van der Waals surface area contributed by atoms with Crippen LogP contribution >= 0.6 is 0 Å². The van der Waals surface area contributed by atoms with Gasteiger partial charge in [0, 0.05) is 23.7 Å². The molecule has 0 spiro atoms. The summed E-state index contributed by atoms with van der Waals surface area (Å²) in [6, 6.07) is 2.14. The van der Waals surface area contributed by atoms with E-state index in [1.54, 1.807) is 6.92 Å². The van der Waals surface area contributed by atoms with Gasteiger partial charge in [-0.2, -0.15) is 0 Å². The van der Waals surface area contributed by atoms with Crippen LogP contribution in [0.15, 0.2) is 18.2 Å². The van der Waals surface area contributed by atoms with Crippen LogP contribution in [0.25, 0.3) is 0 Å². The van der Waals surface area contributed by atoms with Crippen molar-refractivity contribution in [2.45, 2.75) is 44.7 Å². The van der Waals surface area contributed by atoms with E-state index in [2.05, 4.69) is 0 Å². The van der Waals surface area contributed by atoms with Crippen molar-refractivity contribution in [3.05, 3.63) is 35.4 Å². The highest BCUT2D eigenvalue weighted by atomic mass is 19.1. The lowest BCUT2D eigenvalue weighted by Gasteiger charge is -2.32. The number of halogens is 2. The fourth-order valence-corrected chi connectivity index (χ4v) is 4.08. The SMILES string of the molecule is CC[C@@]1(C(=O)O)C[C@@H]2CC[C@H]1N2C(=O)c1cc(F)cc(F)c1. The Kier molecular flexibility index (Phi) is 3.42. The third kappa shape index (κ3) is 2.01. The highest BCUT2D eigenvalue weighted by Crippen LogP contribution is 2.52. The van der Waals surface area contributed by atoms with Gasteiger partial charge in [-0.25, -0.2) is 8.78 Å². The Morgan fingerprint density at radius 1 is 1.27 bits per heavy atom. The molecule has 0 radical (unpaired) electrons. The first kappa shape index (κ1) is 14.9. The highest BCUT2D eigenvalue weighted by Gasteiger charge is 2.60. The Morgan fingerprint density at radius 3 is 2.41 bits per heavy atom. The van der Waals surface area contributed by atoms with Gasteiger partial charge in [-0.3, -0.25) is 9.59 Å². The molecule has 2 aliphatic rings. The van der Waals surface area contributed by atoms with Crippen LogP contribution in [-0.4, -0.2) is 34.0 Å². The van der Waals surface area contributed by atoms with Crippen molar-refractivity contribution < 1.29 is 23.5 Å². The molecule has 6 heteroatoms. The molecule has 0 saturated carbocycles. The Morgan fingerprint density at radius 2 is 1.91 bits per heavy atom. The third-order valence-electron chi connectivity index (χ3n) is 5.14. The largest absolute Gasteiger partial charge is 0.481 e. The lowest BCUT2D eigenvalue weighted by Crippen LogP contribution is -2.44. The molecule has 1 aromatic carbocycles. The first-order valence-corrected chi connectivity index (χ1v) is 7.41. The van der Waals surface area contributed by atoms with Gasteiger partial charge >= 0.3 is 5.97 Å². The van der Waals surface area contributed by atoms with Crippen LogP contribution in [0.4, 0.5) is 8.78 Å². The van der Waals surface area contributed by atoms with Gasteiger partial charge in [-0.1, -0.05) is 6.92 Å². The smallest absolute Gasteiger partial charge is 0.311 e. The van der Waals surface area contributed by atoms with Crippen LogP contribution in [0.1, 0.15) is 43.0 Å². The Bertz CT molecular complexity index is 628. The lowest BCUT2D eigenvalue weighted by atomic mass is 9.72. The molecule has 2 fully saturated rings. The van der Waals surface area contributed by atoms with Gasteiger partial charge in [-0.05, 0) is 37.8 Å². The van der Waals surface area contributed by atoms with E-state index >= 15 is 0 Å². The van der Waals surface area contributed by atoms with Crippen molar-refractivity contribution in [1.82, 2.24) is 4.90 Å². The van der Waals surface area contributed by atoms with E-state index in [0.29, 0.717) is 25.3 Å². The van der Waals surface area contributed by atoms with Crippen molar-refractivity contribution in [3.8, 4) is 0 Å². The minimum atomic E-state index is -0.940. The van der Waals surface area contributed by atoms with Crippen LogP contribution in [0.5, 0.6) is 0 Å². The number of carboxylic acids is 1. The third-order valence-corrected chi connectivity index (χ3v) is 5.14. The standard InChI is InChI=1S/C16H17F2NO3/c1-2-16(15(21)22)8-12-3-4-13(16)19(12)14(20)9-5-10(17)7-11(18)6-9/h5-7,12-13H,2-4,8H2,1H3,(H,21,22)/t12-,13+,16+/m0/s1. The predicted octanol–water partition coefficient (Wildman–Crippen LogP) is 2.82. The summed E-state index contributed by atoms with van der Waals surface area (Å²) < 4.78 is 26.7. The average Bonchev–Trinajstić information content (AvgIpc) is 3.01. The molecule has 118 valence electrons. The van der Waals surface area contributed by atoms with Gasteiger partial charge in [0.25, 0.3) is 5.91 Å². The van der Waals surface area contributed by atoms with Gasteiger partial charge in [0.15, 0.2) is 0 Å². The van der Waals surface area contributed by atoms with Crippen LogP contribution in [0, 0.1) is 17.0 Å². The van der Waals surface area contributed by atoms with Crippen molar-refractivity contribution in [3.63, 3.8) is 0 Å². The maximum absolute atomic E-state index is 13.3. The molecule has 1 N–H and O–H groups in total. The highest BCUT2D eigenvalue weighted by molar-refractivity contribution is 5.96. The van der Waals surface area contributed by atoms with Gasteiger partial charge < -0.3 is 10.0 Å². The second kappa shape index (κ2) is 5.04. The minimum Gasteiger partial charge on any atom is -0.481 e. The molecule has 3 atom stereocenters. The number of benzene rings is 1. The van der Waals surface area contributed by atoms with Gasteiger partial charge in [-0.15, -0.1) is 0 Å². The second-order valence-corrected chi connectivity index (χ2v) is 6.14. The van der Waals surface area contributed by atoms with Crippen molar-refractivity contribution in [2.24, 2.45) is 5.41 Å². The van der Waals surface area contributed by atoms with Crippen LogP contribution in [0.2, 0.25) is 0 Å². The molecule has 0 aliphatic carbocycles. The molecule has 1 amide bonds. The Balaban J connectivity index is 1.96. The van der Waals surface area contributed by atoms with Crippen molar-refractivity contribution in [1.29, 1.82) is 0 Å². The van der Waals surface area contributed by atoms with E-state index in [9.17, 15) is 23.5 Å². The number of carboxylic acid groups (broad SMARTS) is 1. The molecule has 3 rings (SSSR count). The van der Waals surface area contributed by atoms with Crippen molar-refractivity contribution >= 4 is 11.9 Å². The molecule has 2 aliphatic heterocycles. The number of amides is 1. The number of carbonyl (C=O) groups is 2. The normalized spacial score (nSPS) is 29.9. The first-order chi connectivity index (χ1) is 10.4. The van der Waals surface area contributed by atoms with E-state index in [1.165, 1.54) is 4.90 Å². The zero-order chi connectivity index (χ0) is 16.1. The van der Waals surface area contributed by atoms with Crippen molar-refractivity contribution in [2.75, 3.05) is 0 Å². The first-order valence-electron chi connectivity index (χ1n) is 7.41. The molecule has 2 heterocycles. The maximum atomic E-state index is 13.3. The fourth-order valence-electron chi connectivity index (χ4n) is 4.08. The summed E-state index contributed by atoms with van der Waals surface area (Å²) in [4.78, 5) is 25.9. The summed E-state index contributed by atoms with van der Waals surface area (Å²) in [7, 11) is 0. The maximum Gasteiger partial charge on any atom is 0.311 e. The summed E-state index contributed by atoms with van der Waals surface area (Å²) >= 11 is 0. The van der Waals surface area contributed by atoms with E-state index in [0.717, 1.165) is 18.6 Å². The van der Waals surface area contributed by atoms with Gasteiger partial charge in [0.2, 0.25) is 0 Å². The van der Waals surface area contributed by atoms with Crippen LogP contribution < -0.4 is 0 Å². The second-order valence-electron chi connectivity index (χ2n) is 6.14. The number of rotatable bonds is 3. The topological polar surface area (TPSA) is 57.6 Å². The quantitative estimate of drug-likeness (QED) is 0.934. The molecule has 0 unspecified atom stereocenters. The Labute approximate surface area is 126 Å². The molecule has 4 nitrogen and oxygen atoms in total. The predicted molar refractivity (Wildman–Crippen MR) is 74.3 cm³/mol. The van der Waals surface area contributed by atoms with E-state index in [4.69, 9.17) is 0 Å². The number of nitrogens with zero attached hydrogens (tertiary/aromatic N) is 1. The van der Waals surface area contributed by atoms with Gasteiger partial charge in [0.05, 0.1) is 5.41 Å². The average molecular weight is 309 g/mol. The van der Waals surface area contributed by atoms with Crippen LogP contribution in [0.3, 0.4) is 0 Å². The van der Waals surface area contributed by atoms with E-state index < -0.39 is 35.0 Å². The van der Waals surface area contributed by atoms with Gasteiger partial charge in [0.1, 0.15) is 11.6 Å². The number of carbonyl (C=O) groups excluding carboxylic acids is 1. The number of hydrogen-bond donors (Lipinski definition) is 1. The monoisotopic (exact) mass is 309 g/mol. The zero-order valence-corrected chi connectivity index (χ0v) is 12.2. The number of fused-ring (bicyclic) bond motifs is 2. The summed E-state index contributed by atoms with van der Waals surface area (Å²) in [5, 5.41) is 9.59. The lowest BCUT2D eigenvalue weighted by molar-refractivity contribution is -0.151. The summed E-state index contributed by atoms with van der Waals surface area (Å²) in [6.07, 6.45) is 2.20. The minimum absolute atomic E-state index is 0.0632. The molecule has 1 aromatic rings. The summed E-state index contributed by atoms with van der Waals surface area (Å²) in [6.45, 7) is 1.80. The Hall–Kier alpha value is -1.98. The molecular weight excluding hydrogens is 292 g/mol. The zero-order valence-electron chi connectivity index (χ0n) is 12.2. The molecule has 0 aromatic heterocycles. The number of aliphatic carboxylic acids is 1.